The average Bonchev–Trinajstić information content (AvgIpc) is 3.09. The Morgan fingerprint density at radius 3 is 2.52 bits per heavy atom. The molecular formula is C25H23NO3. The summed E-state index contributed by atoms with van der Waals surface area (Å²) in [6.07, 6.45) is 2.91. The van der Waals surface area contributed by atoms with E-state index in [-0.39, 0.29) is 5.78 Å². The summed E-state index contributed by atoms with van der Waals surface area (Å²) < 4.78 is 5.46. The van der Waals surface area contributed by atoms with Gasteiger partial charge in [-0.05, 0) is 62.5 Å². The number of aromatic nitrogens is 1. The largest absolute Gasteiger partial charge is 0.451 e. The molecule has 0 N–H and O–H groups in total. The van der Waals surface area contributed by atoms with E-state index in [2.05, 4.69) is 37.3 Å². The van der Waals surface area contributed by atoms with Crippen molar-refractivity contribution in [2.45, 2.75) is 39.7 Å². The second-order valence-corrected chi connectivity index (χ2v) is 7.57. The Labute approximate surface area is 170 Å². The van der Waals surface area contributed by atoms with E-state index in [9.17, 15) is 9.59 Å². The van der Waals surface area contributed by atoms with Crippen LogP contribution in [0.3, 0.4) is 0 Å². The van der Waals surface area contributed by atoms with Crippen LogP contribution in [0.5, 0.6) is 0 Å². The Morgan fingerprint density at radius 2 is 1.79 bits per heavy atom. The molecule has 1 aromatic heterocycles. The number of hydrogen-bond acceptors (Lipinski definition) is 4. The number of carbonyl (C=O) groups excluding carboxylic acids is 2. The fraction of sp³-hybridized carbons (Fsp3) is 0.240. The van der Waals surface area contributed by atoms with E-state index in [4.69, 9.17) is 9.72 Å². The molecule has 146 valence electrons. The third-order valence-corrected chi connectivity index (χ3v) is 5.42. The zero-order valence-electron chi connectivity index (χ0n) is 16.9. The molecule has 1 unspecified atom stereocenters. The molecule has 3 aromatic rings. The molecular weight excluding hydrogens is 362 g/mol. The maximum absolute atomic E-state index is 13.0. The van der Waals surface area contributed by atoms with Crippen LogP contribution in [0.1, 0.15) is 53.0 Å². The SMILES string of the molecule is CC(=O)C(C)OC(=O)c1c2c(nc3ccccc13)/C(=C/c1ccc(C)cc1)CC2. The van der Waals surface area contributed by atoms with Gasteiger partial charge in [0.05, 0.1) is 16.8 Å². The van der Waals surface area contributed by atoms with Gasteiger partial charge in [-0.1, -0.05) is 48.0 Å². The molecule has 0 saturated carbocycles. The lowest BCUT2D eigenvalue weighted by molar-refractivity contribution is -0.124. The molecule has 4 heteroatoms. The number of fused-ring (bicyclic) bond motifs is 2. The van der Waals surface area contributed by atoms with Crippen molar-refractivity contribution in [3.63, 3.8) is 0 Å². The molecule has 1 heterocycles. The van der Waals surface area contributed by atoms with E-state index in [0.717, 1.165) is 46.1 Å². The zero-order chi connectivity index (χ0) is 20.5. The van der Waals surface area contributed by atoms with Crippen LogP contribution in [0.15, 0.2) is 48.5 Å². The monoisotopic (exact) mass is 385 g/mol. The van der Waals surface area contributed by atoms with Gasteiger partial charge in [0.2, 0.25) is 0 Å². The van der Waals surface area contributed by atoms with Gasteiger partial charge < -0.3 is 4.74 Å². The summed E-state index contributed by atoms with van der Waals surface area (Å²) in [7, 11) is 0. The van der Waals surface area contributed by atoms with Crippen molar-refractivity contribution in [1.29, 1.82) is 0 Å². The molecule has 0 saturated heterocycles. The quantitative estimate of drug-likeness (QED) is 0.582. The highest BCUT2D eigenvalue weighted by molar-refractivity contribution is 6.07. The summed E-state index contributed by atoms with van der Waals surface area (Å²) in [5, 5.41) is 0.767. The number of esters is 1. The molecule has 0 bridgehead atoms. The van der Waals surface area contributed by atoms with E-state index in [1.165, 1.54) is 12.5 Å². The van der Waals surface area contributed by atoms with Crippen molar-refractivity contribution in [3.05, 3.63) is 76.5 Å². The second-order valence-electron chi connectivity index (χ2n) is 7.57. The number of para-hydroxylation sites is 1. The number of allylic oxidation sites excluding steroid dienone is 1. The molecule has 0 fully saturated rings. The predicted octanol–water partition coefficient (Wildman–Crippen LogP) is 5.16. The van der Waals surface area contributed by atoms with Crippen LogP contribution < -0.4 is 0 Å². The fourth-order valence-corrected chi connectivity index (χ4v) is 3.68. The molecule has 4 nitrogen and oxygen atoms in total. The topological polar surface area (TPSA) is 56.3 Å². The van der Waals surface area contributed by atoms with Crippen LogP contribution in [0.2, 0.25) is 0 Å². The van der Waals surface area contributed by atoms with Crippen LogP contribution in [-0.4, -0.2) is 22.8 Å². The van der Waals surface area contributed by atoms with E-state index < -0.39 is 12.1 Å². The number of pyridine rings is 1. The first-order chi connectivity index (χ1) is 13.9. The van der Waals surface area contributed by atoms with Crippen molar-refractivity contribution in [3.8, 4) is 0 Å². The summed E-state index contributed by atoms with van der Waals surface area (Å²) in [6, 6.07) is 15.9. The molecule has 4 rings (SSSR count). The highest BCUT2D eigenvalue weighted by Crippen LogP contribution is 2.37. The molecule has 1 atom stereocenters. The standard InChI is InChI=1S/C25H23NO3/c1-15-8-10-18(11-9-15)14-19-12-13-21-23(25(28)29-17(3)16(2)27)20-6-4-5-7-22(20)26-24(19)21/h4-11,14,17H,12-13H2,1-3H3/b19-14+. The lowest BCUT2D eigenvalue weighted by atomic mass is 10.0. The summed E-state index contributed by atoms with van der Waals surface area (Å²) >= 11 is 0. The summed E-state index contributed by atoms with van der Waals surface area (Å²) in [5.74, 6) is -0.632. The van der Waals surface area contributed by atoms with Crippen LogP contribution in [-0.2, 0) is 16.0 Å². The van der Waals surface area contributed by atoms with Gasteiger partial charge in [-0.3, -0.25) is 4.79 Å². The Morgan fingerprint density at radius 1 is 1.07 bits per heavy atom. The van der Waals surface area contributed by atoms with Gasteiger partial charge in [0.1, 0.15) is 0 Å². The predicted molar refractivity (Wildman–Crippen MR) is 115 cm³/mol. The Kier molecular flexibility index (Phi) is 5.01. The first kappa shape index (κ1) is 19.1. The van der Waals surface area contributed by atoms with E-state index >= 15 is 0 Å². The molecule has 0 amide bonds. The summed E-state index contributed by atoms with van der Waals surface area (Å²) in [4.78, 5) is 29.5. The van der Waals surface area contributed by atoms with Crippen molar-refractivity contribution in [2.75, 3.05) is 0 Å². The van der Waals surface area contributed by atoms with Crippen molar-refractivity contribution in [1.82, 2.24) is 4.98 Å². The first-order valence-electron chi connectivity index (χ1n) is 9.84. The molecule has 0 radical (unpaired) electrons. The number of Topliss-reactive ketones (excluding diaryl/α,β-unsaturated/α-hetero) is 1. The number of nitrogens with zero attached hydrogens (tertiary/aromatic N) is 1. The van der Waals surface area contributed by atoms with E-state index in [0.29, 0.717) is 5.56 Å². The minimum atomic E-state index is -0.769. The van der Waals surface area contributed by atoms with Crippen molar-refractivity contribution < 1.29 is 14.3 Å². The van der Waals surface area contributed by atoms with Crippen LogP contribution in [0, 0.1) is 6.92 Å². The lowest BCUT2D eigenvalue weighted by Crippen LogP contribution is -2.23. The van der Waals surface area contributed by atoms with Gasteiger partial charge in [-0.15, -0.1) is 0 Å². The van der Waals surface area contributed by atoms with Gasteiger partial charge in [-0.2, -0.15) is 0 Å². The number of aryl methyl sites for hydroxylation is 1. The van der Waals surface area contributed by atoms with Crippen molar-refractivity contribution >= 4 is 34.3 Å². The Hall–Kier alpha value is -3.27. The Balaban J connectivity index is 1.84. The van der Waals surface area contributed by atoms with Crippen LogP contribution in [0.25, 0.3) is 22.6 Å². The molecule has 1 aliphatic rings. The average molecular weight is 385 g/mol. The number of benzene rings is 2. The highest BCUT2D eigenvalue weighted by atomic mass is 16.5. The third kappa shape index (κ3) is 3.70. The molecule has 0 aliphatic heterocycles. The minimum absolute atomic E-state index is 0.173. The number of carbonyl (C=O) groups is 2. The van der Waals surface area contributed by atoms with Crippen LogP contribution >= 0.6 is 0 Å². The molecule has 0 spiro atoms. The number of ether oxygens (including phenoxy) is 1. The maximum Gasteiger partial charge on any atom is 0.339 e. The van der Waals surface area contributed by atoms with Gasteiger partial charge in [0.15, 0.2) is 11.9 Å². The molecule has 1 aliphatic carbocycles. The first-order valence-corrected chi connectivity index (χ1v) is 9.84. The normalized spacial score (nSPS) is 15.3. The zero-order valence-corrected chi connectivity index (χ0v) is 16.9. The highest BCUT2D eigenvalue weighted by Gasteiger charge is 2.28. The van der Waals surface area contributed by atoms with Gasteiger partial charge in [-0.25, -0.2) is 9.78 Å². The van der Waals surface area contributed by atoms with Gasteiger partial charge in [0.25, 0.3) is 0 Å². The van der Waals surface area contributed by atoms with Crippen molar-refractivity contribution in [2.24, 2.45) is 0 Å². The van der Waals surface area contributed by atoms with Gasteiger partial charge in [0, 0.05) is 5.39 Å². The third-order valence-electron chi connectivity index (χ3n) is 5.42. The van der Waals surface area contributed by atoms with Crippen LogP contribution in [0.4, 0.5) is 0 Å². The maximum atomic E-state index is 13.0. The Bertz CT molecular complexity index is 1140. The molecule has 29 heavy (non-hydrogen) atoms. The summed E-state index contributed by atoms with van der Waals surface area (Å²) in [5.41, 5.74) is 6.49. The van der Waals surface area contributed by atoms with E-state index in [1.807, 2.05) is 24.3 Å². The number of rotatable bonds is 4. The van der Waals surface area contributed by atoms with Gasteiger partial charge >= 0.3 is 5.97 Å². The lowest BCUT2D eigenvalue weighted by Gasteiger charge is -2.14. The minimum Gasteiger partial charge on any atom is -0.451 e. The number of ketones is 1. The summed E-state index contributed by atoms with van der Waals surface area (Å²) in [6.45, 7) is 5.09. The fourth-order valence-electron chi connectivity index (χ4n) is 3.68. The van der Waals surface area contributed by atoms with E-state index in [1.54, 1.807) is 6.92 Å². The number of hydrogen-bond donors (Lipinski definition) is 0. The second kappa shape index (κ2) is 7.63. The smallest absolute Gasteiger partial charge is 0.339 e. The molecule has 2 aromatic carbocycles.